The Morgan fingerprint density at radius 2 is 1.64 bits per heavy atom. The van der Waals surface area contributed by atoms with Crippen LogP contribution in [0.3, 0.4) is 0 Å². The maximum atomic E-state index is 13.2. The maximum absolute atomic E-state index is 13.2. The summed E-state index contributed by atoms with van der Waals surface area (Å²) in [6.07, 6.45) is 0. The first-order valence-electron chi connectivity index (χ1n) is 6.43. The molecule has 0 aliphatic heterocycles. The molecule has 5 nitrogen and oxygen atoms in total. The first kappa shape index (κ1) is 16.3. The van der Waals surface area contributed by atoms with Crippen LogP contribution >= 0.6 is 0 Å². The van der Waals surface area contributed by atoms with Gasteiger partial charge in [-0.05, 0) is 30.3 Å². The Hall–Kier alpha value is -2.12. The first-order valence-corrected chi connectivity index (χ1v) is 7.91. The number of ether oxygens (including phenoxy) is 2. The molecule has 0 unspecified atom stereocenters. The summed E-state index contributed by atoms with van der Waals surface area (Å²) in [5, 5.41) is 0. The van der Waals surface area contributed by atoms with Crippen molar-refractivity contribution >= 4 is 10.0 Å². The maximum Gasteiger partial charge on any atom is 0.240 e. The summed E-state index contributed by atoms with van der Waals surface area (Å²) >= 11 is 0. The van der Waals surface area contributed by atoms with Gasteiger partial charge >= 0.3 is 0 Å². The zero-order valence-electron chi connectivity index (χ0n) is 12.2. The molecule has 118 valence electrons. The van der Waals surface area contributed by atoms with Crippen LogP contribution < -0.4 is 14.2 Å². The van der Waals surface area contributed by atoms with E-state index in [1.54, 1.807) is 18.2 Å². The van der Waals surface area contributed by atoms with Gasteiger partial charge in [0.05, 0.1) is 24.7 Å². The minimum Gasteiger partial charge on any atom is -0.496 e. The van der Waals surface area contributed by atoms with E-state index in [9.17, 15) is 12.8 Å². The van der Waals surface area contributed by atoms with E-state index in [1.165, 1.54) is 32.4 Å². The summed E-state index contributed by atoms with van der Waals surface area (Å²) < 4.78 is 50.4. The van der Waals surface area contributed by atoms with E-state index < -0.39 is 15.8 Å². The Balaban J connectivity index is 2.26. The molecule has 1 N–H and O–H groups in total. The van der Waals surface area contributed by atoms with Crippen LogP contribution in [0.25, 0.3) is 0 Å². The zero-order valence-corrected chi connectivity index (χ0v) is 13.0. The molecule has 2 rings (SSSR count). The van der Waals surface area contributed by atoms with Gasteiger partial charge in [0.2, 0.25) is 10.0 Å². The molecule has 0 saturated heterocycles. The fraction of sp³-hybridized carbons (Fsp3) is 0.200. The van der Waals surface area contributed by atoms with Gasteiger partial charge in [-0.15, -0.1) is 0 Å². The number of nitrogens with one attached hydrogen (secondary N) is 1. The van der Waals surface area contributed by atoms with Gasteiger partial charge in [-0.25, -0.2) is 17.5 Å². The van der Waals surface area contributed by atoms with Gasteiger partial charge in [-0.1, -0.05) is 12.1 Å². The molecular formula is C15H16FNO4S. The van der Waals surface area contributed by atoms with Crippen LogP contribution in [0.1, 0.15) is 5.56 Å². The molecule has 2 aromatic carbocycles. The van der Waals surface area contributed by atoms with Gasteiger partial charge in [0.1, 0.15) is 17.3 Å². The molecule has 0 bridgehead atoms. The summed E-state index contributed by atoms with van der Waals surface area (Å²) in [6, 6.07) is 9.95. The van der Waals surface area contributed by atoms with Gasteiger partial charge < -0.3 is 9.47 Å². The highest BCUT2D eigenvalue weighted by Crippen LogP contribution is 2.28. The van der Waals surface area contributed by atoms with Crippen LogP contribution in [0.5, 0.6) is 11.5 Å². The molecule has 2 aromatic rings. The van der Waals surface area contributed by atoms with Crippen molar-refractivity contribution in [1.82, 2.24) is 4.72 Å². The molecule has 0 heterocycles. The minimum absolute atomic E-state index is 0.0357. The van der Waals surface area contributed by atoms with Gasteiger partial charge in [0, 0.05) is 6.54 Å². The zero-order chi connectivity index (χ0) is 16.2. The van der Waals surface area contributed by atoms with Gasteiger partial charge in [0.25, 0.3) is 0 Å². The largest absolute Gasteiger partial charge is 0.496 e. The van der Waals surface area contributed by atoms with Crippen molar-refractivity contribution in [3.05, 3.63) is 53.8 Å². The van der Waals surface area contributed by atoms with E-state index in [1.807, 2.05) is 0 Å². The minimum atomic E-state index is -3.83. The summed E-state index contributed by atoms with van der Waals surface area (Å²) in [4.78, 5) is -0.138. The van der Waals surface area contributed by atoms with Gasteiger partial charge in [-0.3, -0.25) is 0 Å². The summed E-state index contributed by atoms with van der Waals surface area (Å²) in [6.45, 7) is -0.0357. The molecule has 0 spiro atoms. The quantitative estimate of drug-likeness (QED) is 0.885. The molecule has 0 aliphatic rings. The number of rotatable bonds is 6. The Labute approximate surface area is 128 Å². The third kappa shape index (κ3) is 3.55. The molecule has 0 saturated carbocycles. The summed E-state index contributed by atoms with van der Waals surface area (Å²) in [5.41, 5.74) is 0.562. The van der Waals surface area contributed by atoms with Crippen LogP contribution in [0.4, 0.5) is 4.39 Å². The van der Waals surface area contributed by atoms with Crippen molar-refractivity contribution in [1.29, 1.82) is 0 Å². The molecule has 7 heteroatoms. The molecule has 0 amide bonds. The van der Waals surface area contributed by atoms with E-state index in [0.717, 1.165) is 6.07 Å². The van der Waals surface area contributed by atoms with Crippen molar-refractivity contribution in [3.8, 4) is 11.5 Å². The van der Waals surface area contributed by atoms with Crippen molar-refractivity contribution in [2.45, 2.75) is 11.4 Å². The van der Waals surface area contributed by atoms with Crippen molar-refractivity contribution in [2.75, 3.05) is 14.2 Å². The van der Waals surface area contributed by atoms with Crippen LogP contribution in [-0.2, 0) is 16.6 Å². The topological polar surface area (TPSA) is 64.6 Å². The lowest BCUT2D eigenvalue weighted by Crippen LogP contribution is -2.24. The molecule has 22 heavy (non-hydrogen) atoms. The highest BCUT2D eigenvalue weighted by atomic mass is 32.2. The van der Waals surface area contributed by atoms with Crippen LogP contribution in [0.2, 0.25) is 0 Å². The number of methoxy groups -OCH3 is 2. The molecule has 0 fully saturated rings. The SMILES string of the molecule is COc1cccc(OC)c1CNS(=O)(=O)c1cccc(F)c1. The number of sulfonamides is 1. The lowest BCUT2D eigenvalue weighted by molar-refractivity contribution is 0.384. The highest BCUT2D eigenvalue weighted by Gasteiger charge is 2.17. The molecular weight excluding hydrogens is 309 g/mol. The molecule has 0 aliphatic carbocycles. The van der Waals surface area contributed by atoms with Crippen LogP contribution in [0.15, 0.2) is 47.4 Å². The average Bonchev–Trinajstić information content (AvgIpc) is 2.52. The second kappa shape index (κ2) is 6.76. The fourth-order valence-corrected chi connectivity index (χ4v) is 3.01. The third-order valence-corrected chi connectivity index (χ3v) is 4.47. The smallest absolute Gasteiger partial charge is 0.240 e. The Morgan fingerprint density at radius 1 is 1.05 bits per heavy atom. The number of hydrogen-bond donors (Lipinski definition) is 1. The third-order valence-electron chi connectivity index (χ3n) is 3.08. The Bertz CT molecular complexity index is 740. The van der Waals surface area contributed by atoms with Gasteiger partial charge in [-0.2, -0.15) is 0 Å². The van der Waals surface area contributed by atoms with E-state index in [0.29, 0.717) is 17.1 Å². The van der Waals surface area contributed by atoms with E-state index in [2.05, 4.69) is 4.72 Å². The van der Waals surface area contributed by atoms with Crippen molar-refractivity contribution in [2.24, 2.45) is 0 Å². The predicted octanol–water partition coefficient (Wildman–Crippen LogP) is 2.32. The van der Waals surface area contributed by atoms with Crippen LogP contribution in [-0.4, -0.2) is 22.6 Å². The normalized spacial score (nSPS) is 11.2. The predicted molar refractivity (Wildman–Crippen MR) is 80.0 cm³/mol. The monoisotopic (exact) mass is 325 g/mol. The van der Waals surface area contributed by atoms with E-state index in [-0.39, 0.29) is 11.4 Å². The fourth-order valence-electron chi connectivity index (χ4n) is 1.99. The standard InChI is InChI=1S/C15H16FNO4S/c1-20-14-7-4-8-15(21-2)13(14)10-17-22(18,19)12-6-3-5-11(16)9-12/h3-9,17H,10H2,1-2H3. The molecule has 0 radical (unpaired) electrons. The molecule has 0 atom stereocenters. The number of benzene rings is 2. The lowest BCUT2D eigenvalue weighted by Gasteiger charge is -2.14. The van der Waals surface area contributed by atoms with E-state index in [4.69, 9.17) is 9.47 Å². The van der Waals surface area contributed by atoms with Crippen molar-refractivity contribution in [3.63, 3.8) is 0 Å². The second-order valence-electron chi connectivity index (χ2n) is 4.42. The van der Waals surface area contributed by atoms with Crippen molar-refractivity contribution < 1.29 is 22.3 Å². The van der Waals surface area contributed by atoms with E-state index >= 15 is 0 Å². The Kier molecular flexibility index (Phi) is 4.99. The number of hydrogen-bond acceptors (Lipinski definition) is 4. The highest BCUT2D eigenvalue weighted by molar-refractivity contribution is 7.89. The number of halogens is 1. The van der Waals surface area contributed by atoms with Gasteiger partial charge in [0.15, 0.2) is 0 Å². The molecule has 0 aromatic heterocycles. The summed E-state index contributed by atoms with van der Waals surface area (Å²) in [5.74, 6) is 0.389. The second-order valence-corrected chi connectivity index (χ2v) is 6.19. The first-order chi connectivity index (χ1) is 10.5. The summed E-state index contributed by atoms with van der Waals surface area (Å²) in [7, 11) is -0.861. The lowest BCUT2D eigenvalue weighted by atomic mass is 10.2. The Morgan fingerprint density at radius 3 is 2.18 bits per heavy atom. The average molecular weight is 325 g/mol. The van der Waals surface area contributed by atoms with Crippen LogP contribution in [0, 0.1) is 5.82 Å².